The van der Waals surface area contributed by atoms with Gasteiger partial charge in [0.05, 0.1) is 6.54 Å². The summed E-state index contributed by atoms with van der Waals surface area (Å²) in [6.07, 6.45) is 3.54. The Kier molecular flexibility index (Phi) is 4.14. The fourth-order valence-electron chi connectivity index (χ4n) is 2.57. The molecule has 0 spiro atoms. The Morgan fingerprint density at radius 1 is 1.20 bits per heavy atom. The van der Waals surface area contributed by atoms with Gasteiger partial charge in [-0.25, -0.2) is 0 Å². The number of anilines is 1. The molecule has 1 aliphatic carbocycles. The van der Waals surface area contributed by atoms with Crippen LogP contribution in [0.15, 0.2) is 35.7 Å². The standard InChI is InChI=1S/C16H18N2OS/c19-16(11-17-10-15-5-2-8-20-15)18-14-7-6-12-3-1-4-13(12)9-14/h2,5-9,17H,1,3-4,10-11H2,(H,18,19). The predicted molar refractivity (Wildman–Crippen MR) is 83.1 cm³/mol. The van der Waals surface area contributed by atoms with Crippen molar-refractivity contribution in [3.63, 3.8) is 0 Å². The van der Waals surface area contributed by atoms with Crippen LogP contribution in [0.3, 0.4) is 0 Å². The molecule has 0 unspecified atom stereocenters. The molecule has 2 aromatic rings. The molecule has 3 rings (SSSR count). The molecule has 20 heavy (non-hydrogen) atoms. The number of hydrogen-bond acceptors (Lipinski definition) is 3. The zero-order valence-corrected chi connectivity index (χ0v) is 12.1. The normalized spacial score (nSPS) is 13.2. The topological polar surface area (TPSA) is 41.1 Å². The van der Waals surface area contributed by atoms with Crippen LogP contribution in [-0.4, -0.2) is 12.5 Å². The summed E-state index contributed by atoms with van der Waals surface area (Å²) in [7, 11) is 0. The molecular weight excluding hydrogens is 268 g/mol. The van der Waals surface area contributed by atoms with E-state index in [-0.39, 0.29) is 5.91 Å². The van der Waals surface area contributed by atoms with Crippen molar-refractivity contribution < 1.29 is 4.79 Å². The lowest BCUT2D eigenvalue weighted by Gasteiger charge is -2.08. The van der Waals surface area contributed by atoms with Gasteiger partial charge in [-0.1, -0.05) is 12.1 Å². The van der Waals surface area contributed by atoms with E-state index < -0.39 is 0 Å². The lowest BCUT2D eigenvalue weighted by molar-refractivity contribution is -0.115. The van der Waals surface area contributed by atoms with Crippen molar-refractivity contribution in [1.29, 1.82) is 0 Å². The molecule has 1 aromatic carbocycles. The van der Waals surface area contributed by atoms with Crippen LogP contribution in [-0.2, 0) is 24.2 Å². The van der Waals surface area contributed by atoms with Crippen LogP contribution in [0.5, 0.6) is 0 Å². The van der Waals surface area contributed by atoms with Gasteiger partial charge in [-0.05, 0) is 54.0 Å². The maximum Gasteiger partial charge on any atom is 0.238 e. The number of carbonyl (C=O) groups is 1. The monoisotopic (exact) mass is 286 g/mol. The van der Waals surface area contributed by atoms with E-state index in [1.54, 1.807) is 11.3 Å². The third-order valence-corrected chi connectivity index (χ3v) is 4.42. The second-order valence-corrected chi connectivity index (χ2v) is 6.10. The summed E-state index contributed by atoms with van der Waals surface area (Å²) in [6.45, 7) is 1.09. The summed E-state index contributed by atoms with van der Waals surface area (Å²) in [5, 5.41) is 8.16. The van der Waals surface area contributed by atoms with Gasteiger partial charge in [-0.3, -0.25) is 4.79 Å². The van der Waals surface area contributed by atoms with Gasteiger partial charge in [-0.2, -0.15) is 0 Å². The van der Waals surface area contributed by atoms with Crippen LogP contribution in [0.4, 0.5) is 5.69 Å². The maximum atomic E-state index is 11.9. The Balaban J connectivity index is 1.49. The molecule has 104 valence electrons. The largest absolute Gasteiger partial charge is 0.325 e. The highest BCUT2D eigenvalue weighted by Gasteiger charge is 2.11. The van der Waals surface area contributed by atoms with Crippen molar-refractivity contribution in [3.8, 4) is 0 Å². The Morgan fingerprint density at radius 3 is 2.95 bits per heavy atom. The van der Waals surface area contributed by atoms with Crippen molar-refractivity contribution >= 4 is 22.9 Å². The van der Waals surface area contributed by atoms with E-state index in [0.717, 1.165) is 18.7 Å². The van der Waals surface area contributed by atoms with Gasteiger partial charge >= 0.3 is 0 Å². The Hall–Kier alpha value is -1.65. The minimum atomic E-state index is 0.0134. The van der Waals surface area contributed by atoms with Gasteiger partial charge in [0.2, 0.25) is 5.91 Å². The number of fused-ring (bicyclic) bond motifs is 1. The number of carbonyl (C=O) groups excluding carboxylic acids is 1. The zero-order valence-electron chi connectivity index (χ0n) is 11.3. The second kappa shape index (κ2) is 6.20. The summed E-state index contributed by atoms with van der Waals surface area (Å²) < 4.78 is 0. The van der Waals surface area contributed by atoms with E-state index in [1.165, 1.54) is 28.8 Å². The molecule has 0 saturated carbocycles. The smallest absolute Gasteiger partial charge is 0.238 e. The van der Waals surface area contributed by atoms with Crippen LogP contribution in [0, 0.1) is 0 Å². The van der Waals surface area contributed by atoms with E-state index in [9.17, 15) is 4.79 Å². The molecule has 0 atom stereocenters. The number of rotatable bonds is 5. The minimum absolute atomic E-state index is 0.0134. The highest BCUT2D eigenvalue weighted by molar-refractivity contribution is 7.09. The maximum absolute atomic E-state index is 11.9. The summed E-state index contributed by atoms with van der Waals surface area (Å²) in [4.78, 5) is 13.1. The lowest BCUT2D eigenvalue weighted by atomic mass is 10.1. The highest BCUT2D eigenvalue weighted by Crippen LogP contribution is 2.24. The lowest BCUT2D eigenvalue weighted by Crippen LogP contribution is -2.27. The zero-order chi connectivity index (χ0) is 13.8. The van der Waals surface area contributed by atoms with E-state index in [4.69, 9.17) is 0 Å². The first-order valence-electron chi connectivity index (χ1n) is 6.96. The average Bonchev–Trinajstić information content (AvgIpc) is 3.08. The fourth-order valence-corrected chi connectivity index (χ4v) is 3.24. The van der Waals surface area contributed by atoms with E-state index in [1.807, 2.05) is 17.5 Å². The van der Waals surface area contributed by atoms with Gasteiger partial charge in [0, 0.05) is 17.1 Å². The van der Waals surface area contributed by atoms with Crippen LogP contribution in [0.2, 0.25) is 0 Å². The molecule has 0 fully saturated rings. The van der Waals surface area contributed by atoms with Crippen LogP contribution >= 0.6 is 11.3 Å². The predicted octanol–water partition coefficient (Wildman–Crippen LogP) is 2.97. The summed E-state index contributed by atoms with van der Waals surface area (Å²) >= 11 is 1.70. The molecular formula is C16H18N2OS. The quantitative estimate of drug-likeness (QED) is 0.887. The number of aryl methyl sites for hydroxylation is 2. The number of nitrogens with one attached hydrogen (secondary N) is 2. The molecule has 1 aromatic heterocycles. The molecule has 1 heterocycles. The summed E-state index contributed by atoms with van der Waals surface area (Å²) in [5.41, 5.74) is 3.72. The first-order chi connectivity index (χ1) is 9.81. The first-order valence-corrected chi connectivity index (χ1v) is 7.84. The van der Waals surface area contributed by atoms with Gasteiger partial charge in [0.25, 0.3) is 0 Å². The molecule has 1 aliphatic rings. The van der Waals surface area contributed by atoms with E-state index >= 15 is 0 Å². The number of hydrogen-bond donors (Lipinski definition) is 2. The number of thiophene rings is 1. The Bertz CT molecular complexity index is 593. The van der Waals surface area contributed by atoms with Gasteiger partial charge in [0.15, 0.2) is 0 Å². The summed E-state index contributed by atoms with van der Waals surface area (Å²) in [5.74, 6) is 0.0134. The van der Waals surface area contributed by atoms with Crippen molar-refractivity contribution in [2.75, 3.05) is 11.9 Å². The van der Waals surface area contributed by atoms with Gasteiger partial charge < -0.3 is 10.6 Å². The van der Waals surface area contributed by atoms with Crippen molar-refractivity contribution in [3.05, 3.63) is 51.7 Å². The molecule has 0 saturated heterocycles. The molecule has 0 bridgehead atoms. The van der Waals surface area contributed by atoms with Crippen LogP contribution < -0.4 is 10.6 Å². The molecule has 0 radical (unpaired) electrons. The third kappa shape index (κ3) is 3.26. The first kappa shape index (κ1) is 13.3. The number of amides is 1. The Labute approximate surface area is 123 Å². The molecule has 2 N–H and O–H groups in total. The van der Waals surface area contributed by atoms with Crippen molar-refractivity contribution in [1.82, 2.24) is 5.32 Å². The van der Waals surface area contributed by atoms with Crippen LogP contribution in [0.1, 0.15) is 22.4 Å². The van der Waals surface area contributed by atoms with Crippen LogP contribution in [0.25, 0.3) is 0 Å². The molecule has 3 nitrogen and oxygen atoms in total. The highest BCUT2D eigenvalue weighted by atomic mass is 32.1. The average molecular weight is 286 g/mol. The van der Waals surface area contributed by atoms with Crippen molar-refractivity contribution in [2.45, 2.75) is 25.8 Å². The van der Waals surface area contributed by atoms with Gasteiger partial charge in [0.1, 0.15) is 0 Å². The SMILES string of the molecule is O=C(CNCc1cccs1)Nc1ccc2c(c1)CCC2. The van der Waals surface area contributed by atoms with Crippen molar-refractivity contribution in [2.24, 2.45) is 0 Å². The molecule has 0 aliphatic heterocycles. The fraction of sp³-hybridized carbons (Fsp3) is 0.312. The van der Waals surface area contributed by atoms with E-state index in [2.05, 4.69) is 28.8 Å². The van der Waals surface area contributed by atoms with Gasteiger partial charge in [-0.15, -0.1) is 11.3 Å². The second-order valence-electron chi connectivity index (χ2n) is 5.07. The molecule has 4 heteroatoms. The van der Waals surface area contributed by atoms with E-state index in [0.29, 0.717) is 6.54 Å². The Morgan fingerprint density at radius 2 is 2.10 bits per heavy atom. The third-order valence-electron chi connectivity index (χ3n) is 3.55. The number of benzene rings is 1. The minimum Gasteiger partial charge on any atom is -0.325 e. The summed E-state index contributed by atoms with van der Waals surface area (Å²) in [6, 6.07) is 10.3. The molecule has 1 amide bonds.